The molecule has 1 aliphatic carbocycles. The summed E-state index contributed by atoms with van der Waals surface area (Å²) in [6.07, 6.45) is 4.68. The third-order valence-electron chi connectivity index (χ3n) is 5.51. The van der Waals surface area contributed by atoms with Crippen LogP contribution < -0.4 is 0 Å². The highest BCUT2D eigenvalue weighted by atomic mass is 16.7. The van der Waals surface area contributed by atoms with Crippen molar-refractivity contribution >= 4 is 5.97 Å². The van der Waals surface area contributed by atoms with Crippen molar-refractivity contribution < 1.29 is 14.3 Å². The van der Waals surface area contributed by atoms with Gasteiger partial charge in [-0.2, -0.15) is 0 Å². The maximum atomic E-state index is 11.9. The molecule has 3 rings (SSSR count). The van der Waals surface area contributed by atoms with Gasteiger partial charge in [-0.05, 0) is 43.9 Å². The highest BCUT2D eigenvalue weighted by molar-refractivity contribution is 5.73. The van der Waals surface area contributed by atoms with E-state index in [4.69, 9.17) is 9.47 Å². The largest absolute Gasteiger partial charge is 0.435 e. The molecular weight excluding hydrogens is 228 g/mol. The second kappa shape index (κ2) is 4.52. The molecule has 0 bridgehead atoms. The lowest BCUT2D eigenvalue weighted by Crippen LogP contribution is -2.51. The van der Waals surface area contributed by atoms with Crippen molar-refractivity contribution in [3.8, 4) is 0 Å². The Morgan fingerprint density at radius 2 is 1.72 bits per heavy atom. The number of rotatable bonds is 0. The van der Waals surface area contributed by atoms with E-state index in [1.165, 1.54) is 12.8 Å². The van der Waals surface area contributed by atoms with Crippen LogP contribution in [-0.4, -0.2) is 18.4 Å². The number of hydrogen-bond acceptors (Lipinski definition) is 3. The SMILES string of the molecule is CC1CCC2C(C)CC[C@@H]3C2C(OC(=O)[C@@H]3C)O1. The van der Waals surface area contributed by atoms with Crippen molar-refractivity contribution in [1.29, 1.82) is 0 Å². The molecule has 2 aliphatic heterocycles. The lowest BCUT2D eigenvalue weighted by atomic mass is 9.61. The normalized spacial score (nSPS) is 52.2. The van der Waals surface area contributed by atoms with E-state index >= 15 is 0 Å². The lowest BCUT2D eigenvalue weighted by molar-refractivity contribution is -0.240. The molecule has 0 N–H and O–H groups in total. The summed E-state index contributed by atoms with van der Waals surface area (Å²) in [4.78, 5) is 11.9. The Morgan fingerprint density at radius 3 is 2.50 bits per heavy atom. The molecule has 0 aromatic carbocycles. The molecule has 5 unspecified atom stereocenters. The van der Waals surface area contributed by atoms with Crippen molar-refractivity contribution in [1.82, 2.24) is 0 Å². The van der Waals surface area contributed by atoms with Gasteiger partial charge in [0.15, 0.2) is 0 Å². The highest BCUT2D eigenvalue weighted by Gasteiger charge is 2.52. The summed E-state index contributed by atoms with van der Waals surface area (Å²) in [5.41, 5.74) is 0. The summed E-state index contributed by atoms with van der Waals surface area (Å²) in [5, 5.41) is 0. The van der Waals surface area contributed by atoms with Crippen LogP contribution in [-0.2, 0) is 14.3 Å². The zero-order valence-electron chi connectivity index (χ0n) is 11.6. The average Bonchev–Trinajstić information content (AvgIpc) is 2.49. The van der Waals surface area contributed by atoms with Crippen LogP contribution in [0.1, 0.15) is 46.5 Å². The standard InChI is InChI=1S/C15H24O3/c1-8-4-6-12-10(3)14(16)18-15-13(12)11(8)7-5-9(2)17-15/h8-13,15H,4-7H2,1-3H3/t8?,9?,10-,11?,12+,13?,15?/m1/s1. The molecule has 102 valence electrons. The van der Waals surface area contributed by atoms with Gasteiger partial charge in [0.05, 0.1) is 12.0 Å². The third kappa shape index (κ3) is 1.87. The Morgan fingerprint density at radius 1 is 1.00 bits per heavy atom. The van der Waals surface area contributed by atoms with Gasteiger partial charge >= 0.3 is 5.97 Å². The first kappa shape index (κ1) is 12.5. The second-order valence-corrected chi connectivity index (χ2v) is 6.58. The van der Waals surface area contributed by atoms with Gasteiger partial charge in [0.2, 0.25) is 6.29 Å². The molecule has 1 saturated carbocycles. The van der Waals surface area contributed by atoms with E-state index in [-0.39, 0.29) is 24.3 Å². The minimum Gasteiger partial charge on any atom is -0.435 e. The number of carbonyl (C=O) groups excluding carboxylic acids is 1. The van der Waals surface area contributed by atoms with Crippen LogP contribution in [0.5, 0.6) is 0 Å². The molecular formula is C15H24O3. The van der Waals surface area contributed by atoms with E-state index in [1.54, 1.807) is 0 Å². The monoisotopic (exact) mass is 252 g/mol. The summed E-state index contributed by atoms with van der Waals surface area (Å²) in [5.74, 6) is 2.33. The van der Waals surface area contributed by atoms with E-state index < -0.39 is 0 Å². The minimum absolute atomic E-state index is 0.0522. The van der Waals surface area contributed by atoms with Gasteiger partial charge in [0, 0.05) is 5.92 Å². The van der Waals surface area contributed by atoms with Crippen LogP contribution >= 0.6 is 0 Å². The van der Waals surface area contributed by atoms with Crippen LogP contribution in [0, 0.1) is 29.6 Å². The number of carbonyl (C=O) groups is 1. The zero-order chi connectivity index (χ0) is 12.9. The van der Waals surface area contributed by atoms with E-state index in [9.17, 15) is 4.79 Å². The van der Waals surface area contributed by atoms with Gasteiger partial charge in [-0.25, -0.2) is 0 Å². The summed E-state index contributed by atoms with van der Waals surface area (Å²) >= 11 is 0. The van der Waals surface area contributed by atoms with Crippen LogP contribution in [0.4, 0.5) is 0 Å². The predicted molar refractivity (Wildman–Crippen MR) is 67.7 cm³/mol. The maximum absolute atomic E-state index is 11.9. The van der Waals surface area contributed by atoms with Crippen molar-refractivity contribution in [2.45, 2.75) is 58.8 Å². The van der Waals surface area contributed by atoms with Gasteiger partial charge in [-0.15, -0.1) is 0 Å². The Bertz CT molecular complexity index is 341. The van der Waals surface area contributed by atoms with Gasteiger partial charge in [0.25, 0.3) is 0 Å². The molecule has 0 aromatic heterocycles. The van der Waals surface area contributed by atoms with Crippen molar-refractivity contribution in [2.75, 3.05) is 0 Å². The molecule has 7 atom stereocenters. The van der Waals surface area contributed by atoms with E-state index in [0.717, 1.165) is 18.8 Å². The molecule has 3 heteroatoms. The van der Waals surface area contributed by atoms with Crippen LogP contribution in [0.2, 0.25) is 0 Å². The molecule has 0 amide bonds. The first-order chi connectivity index (χ1) is 8.58. The molecule has 3 fully saturated rings. The summed E-state index contributed by atoms with van der Waals surface area (Å²) in [7, 11) is 0. The minimum atomic E-state index is -0.274. The Hall–Kier alpha value is -0.570. The molecule has 3 nitrogen and oxygen atoms in total. The molecule has 0 aromatic rings. The first-order valence-electron chi connectivity index (χ1n) is 7.44. The van der Waals surface area contributed by atoms with Gasteiger partial charge in [-0.3, -0.25) is 4.79 Å². The summed E-state index contributed by atoms with van der Waals surface area (Å²) in [6.45, 7) is 6.49. The van der Waals surface area contributed by atoms with Gasteiger partial charge in [0.1, 0.15) is 0 Å². The topological polar surface area (TPSA) is 35.5 Å². The molecule has 0 radical (unpaired) electrons. The molecule has 2 saturated heterocycles. The fourth-order valence-corrected chi connectivity index (χ4v) is 4.34. The third-order valence-corrected chi connectivity index (χ3v) is 5.51. The highest BCUT2D eigenvalue weighted by Crippen LogP contribution is 2.50. The molecule has 18 heavy (non-hydrogen) atoms. The van der Waals surface area contributed by atoms with Crippen molar-refractivity contribution in [3.63, 3.8) is 0 Å². The van der Waals surface area contributed by atoms with Gasteiger partial charge in [-0.1, -0.05) is 20.3 Å². The number of ether oxygens (including phenoxy) is 2. The van der Waals surface area contributed by atoms with E-state index in [1.807, 2.05) is 6.92 Å². The Kier molecular flexibility index (Phi) is 3.13. The smallest absolute Gasteiger partial charge is 0.311 e. The lowest BCUT2D eigenvalue weighted by Gasteiger charge is -2.48. The average molecular weight is 252 g/mol. The fraction of sp³-hybridized carbons (Fsp3) is 0.933. The molecule has 3 aliphatic rings. The maximum Gasteiger partial charge on any atom is 0.311 e. The zero-order valence-corrected chi connectivity index (χ0v) is 11.6. The van der Waals surface area contributed by atoms with Crippen molar-refractivity contribution in [2.24, 2.45) is 29.6 Å². The van der Waals surface area contributed by atoms with E-state index in [0.29, 0.717) is 17.8 Å². The first-order valence-corrected chi connectivity index (χ1v) is 7.44. The number of hydrogen-bond donors (Lipinski definition) is 0. The van der Waals surface area contributed by atoms with Crippen LogP contribution in [0.25, 0.3) is 0 Å². The Labute approximate surface area is 109 Å². The quantitative estimate of drug-likeness (QED) is 0.622. The Balaban J connectivity index is 1.92. The van der Waals surface area contributed by atoms with E-state index in [2.05, 4.69) is 13.8 Å². The molecule has 0 spiro atoms. The second-order valence-electron chi connectivity index (χ2n) is 6.58. The van der Waals surface area contributed by atoms with Gasteiger partial charge < -0.3 is 9.47 Å². The fourth-order valence-electron chi connectivity index (χ4n) is 4.34. The van der Waals surface area contributed by atoms with Crippen LogP contribution in [0.3, 0.4) is 0 Å². The number of esters is 1. The summed E-state index contributed by atoms with van der Waals surface area (Å²) in [6, 6.07) is 0. The van der Waals surface area contributed by atoms with Crippen LogP contribution in [0.15, 0.2) is 0 Å². The molecule has 2 heterocycles. The summed E-state index contributed by atoms with van der Waals surface area (Å²) < 4.78 is 11.6. The van der Waals surface area contributed by atoms with Crippen molar-refractivity contribution in [3.05, 3.63) is 0 Å². The predicted octanol–water partition coefficient (Wildman–Crippen LogP) is 2.98.